The van der Waals surface area contributed by atoms with Crippen LogP contribution < -0.4 is 5.32 Å². The van der Waals surface area contributed by atoms with E-state index in [4.69, 9.17) is 4.42 Å². The first-order valence-electron chi connectivity index (χ1n) is 9.45. The lowest BCUT2D eigenvalue weighted by molar-refractivity contribution is 0.170. The first kappa shape index (κ1) is 17.3. The van der Waals surface area contributed by atoms with E-state index in [0.717, 1.165) is 50.4 Å². The van der Waals surface area contributed by atoms with Crippen LogP contribution in [-0.4, -0.2) is 35.0 Å². The monoisotopic (exact) mass is 333 g/mol. The van der Waals surface area contributed by atoms with Crippen molar-refractivity contribution >= 4 is 6.03 Å². The zero-order valence-corrected chi connectivity index (χ0v) is 15.3. The Labute approximate surface area is 145 Å². The van der Waals surface area contributed by atoms with Crippen molar-refractivity contribution in [1.82, 2.24) is 15.2 Å². The number of carbonyl (C=O) groups excluding carboxylic acids is 1. The minimum absolute atomic E-state index is 0.00810. The lowest BCUT2D eigenvalue weighted by atomic mass is 9.94. The molecule has 5 nitrogen and oxygen atoms in total. The van der Waals surface area contributed by atoms with Crippen LogP contribution >= 0.6 is 0 Å². The van der Waals surface area contributed by atoms with E-state index in [-0.39, 0.29) is 11.4 Å². The Kier molecular flexibility index (Phi) is 5.16. The van der Waals surface area contributed by atoms with Crippen molar-refractivity contribution in [3.05, 3.63) is 17.8 Å². The van der Waals surface area contributed by atoms with Gasteiger partial charge in [-0.25, -0.2) is 9.78 Å². The summed E-state index contributed by atoms with van der Waals surface area (Å²) in [5.41, 5.74) is -0.00810. The number of nitrogens with zero attached hydrogens (tertiary/aromatic N) is 2. The average Bonchev–Trinajstić information content (AvgIpc) is 3.06. The molecule has 1 aromatic heterocycles. The molecular formula is C19H31N3O2. The number of rotatable bonds is 2. The van der Waals surface area contributed by atoms with Gasteiger partial charge in [-0.2, -0.15) is 0 Å². The number of nitrogens with one attached hydrogen (secondary N) is 1. The van der Waals surface area contributed by atoms with Gasteiger partial charge in [-0.1, -0.05) is 40.0 Å². The summed E-state index contributed by atoms with van der Waals surface area (Å²) in [5.74, 6) is 2.11. The quantitative estimate of drug-likeness (QED) is 0.882. The predicted molar refractivity (Wildman–Crippen MR) is 94.2 cm³/mol. The minimum Gasteiger partial charge on any atom is -0.445 e. The second-order valence-electron chi connectivity index (χ2n) is 8.36. The van der Waals surface area contributed by atoms with Crippen molar-refractivity contribution in [2.24, 2.45) is 0 Å². The molecule has 1 saturated carbocycles. The highest BCUT2D eigenvalue weighted by molar-refractivity contribution is 5.74. The molecule has 0 spiro atoms. The highest BCUT2D eigenvalue weighted by atomic mass is 16.4. The maximum absolute atomic E-state index is 12.4. The smallest absolute Gasteiger partial charge is 0.317 e. The van der Waals surface area contributed by atoms with Crippen molar-refractivity contribution in [3.8, 4) is 0 Å². The van der Waals surface area contributed by atoms with E-state index in [2.05, 4.69) is 31.1 Å². The summed E-state index contributed by atoms with van der Waals surface area (Å²) in [7, 11) is 0. The Balaban J connectivity index is 1.50. The first-order valence-corrected chi connectivity index (χ1v) is 9.45. The predicted octanol–water partition coefficient (Wildman–Crippen LogP) is 4.19. The van der Waals surface area contributed by atoms with E-state index in [9.17, 15) is 4.79 Å². The molecule has 1 aromatic rings. The Hall–Kier alpha value is -1.52. The van der Waals surface area contributed by atoms with Gasteiger partial charge in [-0.15, -0.1) is 0 Å². The van der Waals surface area contributed by atoms with Crippen LogP contribution in [0.3, 0.4) is 0 Å². The van der Waals surface area contributed by atoms with Gasteiger partial charge >= 0.3 is 6.03 Å². The molecule has 0 aromatic carbocycles. The van der Waals surface area contributed by atoms with Crippen LogP contribution in [0.25, 0.3) is 0 Å². The van der Waals surface area contributed by atoms with E-state index in [0.29, 0.717) is 12.0 Å². The van der Waals surface area contributed by atoms with Crippen molar-refractivity contribution in [2.45, 2.75) is 83.1 Å². The topological polar surface area (TPSA) is 58.4 Å². The summed E-state index contributed by atoms with van der Waals surface area (Å²) in [5, 5.41) is 3.22. The van der Waals surface area contributed by atoms with Gasteiger partial charge in [0.05, 0.1) is 6.20 Å². The standard InChI is InChI=1S/C19H31N3O2/c1-19(2,3)16-13-20-17(24-16)14-9-11-22(12-10-14)18(23)21-15-7-5-4-6-8-15/h13-15H,4-12H2,1-3H3,(H,21,23). The minimum atomic E-state index is -0.00810. The third-order valence-corrected chi connectivity index (χ3v) is 5.33. The molecular weight excluding hydrogens is 302 g/mol. The van der Waals surface area contributed by atoms with Crippen molar-refractivity contribution in [1.29, 1.82) is 0 Å². The molecule has 2 amide bonds. The molecule has 1 N–H and O–H groups in total. The number of amides is 2. The number of oxazole rings is 1. The van der Waals surface area contributed by atoms with Gasteiger partial charge in [0.25, 0.3) is 0 Å². The van der Waals surface area contributed by atoms with E-state index in [1.165, 1.54) is 19.3 Å². The fourth-order valence-electron chi connectivity index (χ4n) is 3.67. The Morgan fingerprint density at radius 1 is 1.17 bits per heavy atom. The highest BCUT2D eigenvalue weighted by Crippen LogP contribution is 2.31. The van der Waals surface area contributed by atoms with Gasteiger partial charge in [0.1, 0.15) is 5.76 Å². The zero-order valence-electron chi connectivity index (χ0n) is 15.3. The van der Waals surface area contributed by atoms with Gasteiger partial charge in [-0.05, 0) is 25.7 Å². The maximum atomic E-state index is 12.4. The van der Waals surface area contributed by atoms with E-state index < -0.39 is 0 Å². The van der Waals surface area contributed by atoms with Crippen LogP contribution in [0.5, 0.6) is 0 Å². The number of aromatic nitrogens is 1. The molecule has 2 fully saturated rings. The summed E-state index contributed by atoms with van der Waals surface area (Å²) < 4.78 is 5.97. The lowest BCUT2D eigenvalue weighted by Gasteiger charge is -2.33. The number of hydrogen-bond donors (Lipinski definition) is 1. The SMILES string of the molecule is CC(C)(C)c1cnc(C2CCN(C(=O)NC3CCCCC3)CC2)o1. The fraction of sp³-hybridized carbons (Fsp3) is 0.789. The molecule has 0 bridgehead atoms. The molecule has 1 aliphatic carbocycles. The molecule has 5 heteroatoms. The second kappa shape index (κ2) is 7.16. The van der Waals surface area contributed by atoms with Gasteiger partial charge in [0, 0.05) is 30.5 Å². The van der Waals surface area contributed by atoms with E-state index >= 15 is 0 Å². The van der Waals surface area contributed by atoms with Gasteiger partial charge in [-0.3, -0.25) is 0 Å². The number of piperidine rings is 1. The Bertz CT molecular complexity index is 547. The van der Waals surface area contributed by atoms with Crippen LogP contribution in [0.1, 0.15) is 83.3 Å². The molecule has 0 unspecified atom stereocenters. The van der Waals surface area contributed by atoms with Crippen LogP contribution in [0.2, 0.25) is 0 Å². The first-order chi connectivity index (χ1) is 11.4. The molecule has 2 heterocycles. The van der Waals surface area contributed by atoms with Gasteiger partial charge in [0.2, 0.25) is 0 Å². The Morgan fingerprint density at radius 3 is 2.42 bits per heavy atom. The third kappa shape index (κ3) is 4.11. The lowest BCUT2D eigenvalue weighted by Crippen LogP contribution is -2.48. The molecule has 1 saturated heterocycles. The van der Waals surface area contributed by atoms with Gasteiger partial charge < -0.3 is 14.6 Å². The maximum Gasteiger partial charge on any atom is 0.317 e. The summed E-state index contributed by atoms with van der Waals surface area (Å²) >= 11 is 0. The van der Waals surface area contributed by atoms with Crippen molar-refractivity contribution < 1.29 is 9.21 Å². The van der Waals surface area contributed by atoms with Crippen LogP contribution in [-0.2, 0) is 5.41 Å². The number of likely N-dealkylation sites (tertiary alicyclic amines) is 1. The summed E-state index contributed by atoms with van der Waals surface area (Å²) in [6, 6.07) is 0.494. The van der Waals surface area contributed by atoms with Crippen LogP contribution in [0.15, 0.2) is 10.6 Å². The number of hydrogen-bond acceptors (Lipinski definition) is 3. The second-order valence-corrected chi connectivity index (χ2v) is 8.36. The normalized spacial score (nSPS) is 21.0. The van der Waals surface area contributed by atoms with Gasteiger partial charge in [0.15, 0.2) is 5.89 Å². The average molecular weight is 333 g/mol. The molecule has 134 valence electrons. The van der Waals surface area contributed by atoms with Crippen LogP contribution in [0.4, 0.5) is 4.79 Å². The fourth-order valence-corrected chi connectivity index (χ4v) is 3.67. The van der Waals surface area contributed by atoms with Crippen LogP contribution in [0, 0.1) is 0 Å². The number of urea groups is 1. The third-order valence-electron chi connectivity index (χ3n) is 5.33. The summed E-state index contributed by atoms with van der Waals surface area (Å²) in [4.78, 5) is 18.9. The Morgan fingerprint density at radius 2 is 1.83 bits per heavy atom. The molecule has 24 heavy (non-hydrogen) atoms. The van der Waals surface area contributed by atoms with E-state index in [1.807, 2.05) is 11.1 Å². The summed E-state index contributed by atoms with van der Waals surface area (Å²) in [6.45, 7) is 7.98. The summed E-state index contributed by atoms with van der Waals surface area (Å²) in [6.07, 6.45) is 9.79. The molecule has 1 aliphatic heterocycles. The molecule has 0 atom stereocenters. The molecule has 0 radical (unpaired) electrons. The van der Waals surface area contributed by atoms with Crippen molar-refractivity contribution in [3.63, 3.8) is 0 Å². The largest absolute Gasteiger partial charge is 0.445 e. The zero-order chi connectivity index (χ0) is 17.2. The molecule has 2 aliphatic rings. The molecule has 3 rings (SSSR count). The van der Waals surface area contributed by atoms with E-state index in [1.54, 1.807) is 0 Å². The highest BCUT2D eigenvalue weighted by Gasteiger charge is 2.29. The number of carbonyl (C=O) groups is 1. The van der Waals surface area contributed by atoms with Crippen molar-refractivity contribution in [2.75, 3.05) is 13.1 Å².